The number of carbonyl (C=O) groups excluding carboxylic acids is 2. The van der Waals surface area contributed by atoms with Crippen LogP contribution in [0.2, 0.25) is 0 Å². The maximum absolute atomic E-state index is 15.3. The average Bonchev–Trinajstić information content (AvgIpc) is 3.64. The molecular formula is C30H40FN5O4. The second kappa shape index (κ2) is 10.5. The minimum Gasteiger partial charge on any atom is -0.444 e. The third-order valence-electron chi connectivity index (χ3n) is 9.44. The first-order chi connectivity index (χ1) is 19.1. The maximum Gasteiger partial charge on any atom is 0.411 e. The van der Waals surface area contributed by atoms with Crippen LogP contribution >= 0.6 is 0 Å². The molecule has 5 aliphatic rings. The zero-order valence-electron chi connectivity index (χ0n) is 23.6. The van der Waals surface area contributed by atoms with Gasteiger partial charge in [0.05, 0.1) is 25.3 Å². The molecule has 40 heavy (non-hydrogen) atoms. The molecule has 1 aromatic carbocycles. The molecule has 4 heterocycles. The molecule has 2 bridgehead atoms. The SMILES string of the molecule is CC(C)(C)OC(=O)N1C2CCC(C2)[C@H]1C(=O)N[C@H](C#N)Cc1ccc(N2CC3CCN(C4COC4)C3C2)cc1F. The summed E-state index contributed by atoms with van der Waals surface area (Å²) in [5.74, 6) is -0.108. The van der Waals surface area contributed by atoms with Gasteiger partial charge in [0.2, 0.25) is 5.91 Å². The zero-order valence-corrected chi connectivity index (χ0v) is 23.6. The molecule has 216 valence electrons. The quantitative estimate of drug-likeness (QED) is 0.578. The van der Waals surface area contributed by atoms with Crippen molar-refractivity contribution in [1.29, 1.82) is 5.26 Å². The third kappa shape index (κ3) is 5.14. The van der Waals surface area contributed by atoms with Crippen molar-refractivity contribution < 1.29 is 23.5 Å². The molecule has 0 spiro atoms. The van der Waals surface area contributed by atoms with Gasteiger partial charge in [-0.1, -0.05) is 6.07 Å². The number of ether oxygens (including phenoxy) is 2. The van der Waals surface area contributed by atoms with Crippen LogP contribution in [-0.4, -0.2) is 90.5 Å². The number of halogens is 1. The number of hydrogen-bond acceptors (Lipinski definition) is 7. The van der Waals surface area contributed by atoms with Gasteiger partial charge in [-0.2, -0.15) is 5.26 Å². The lowest BCUT2D eigenvalue weighted by Crippen LogP contribution is -2.55. The molecule has 9 nitrogen and oxygen atoms in total. The van der Waals surface area contributed by atoms with Crippen molar-refractivity contribution in [1.82, 2.24) is 15.1 Å². The Hall–Kier alpha value is -2.90. The van der Waals surface area contributed by atoms with Gasteiger partial charge in [-0.25, -0.2) is 9.18 Å². The lowest BCUT2D eigenvalue weighted by atomic mass is 9.97. The van der Waals surface area contributed by atoms with Crippen molar-refractivity contribution in [2.24, 2.45) is 11.8 Å². The molecular weight excluding hydrogens is 513 g/mol. The summed E-state index contributed by atoms with van der Waals surface area (Å²) in [5, 5.41) is 12.6. The Balaban J connectivity index is 1.09. The van der Waals surface area contributed by atoms with Crippen LogP contribution < -0.4 is 10.2 Å². The summed E-state index contributed by atoms with van der Waals surface area (Å²) >= 11 is 0. The summed E-state index contributed by atoms with van der Waals surface area (Å²) in [7, 11) is 0. The van der Waals surface area contributed by atoms with Crippen molar-refractivity contribution in [3.05, 3.63) is 29.6 Å². The van der Waals surface area contributed by atoms with E-state index in [0.29, 0.717) is 23.6 Å². The lowest BCUT2D eigenvalue weighted by molar-refractivity contribution is -0.128. The van der Waals surface area contributed by atoms with Gasteiger partial charge in [0.25, 0.3) is 0 Å². The number of fused-ring (bicyclic) bond motifs is 3. The number of anilines is 1. The van der Waals surface area contributed by atoms with Gasteiger partial charge in [0.15, 0.2) is 0 Å². The normalized spacial score (nSPS) is 30.6. The predicted molar refractivity (Wildman–Crippen MR) is 146 cm³/mol. The van der Waals surface area contributed by atoms with Crippen LogP contribution in [0.15, 0.2) is 18.2 Å². The number of piperidine rings is 1. The van der Waals surface area contributed by atoms with Crippen LogP contribution in [0, 0.1) is 29.0 Å². The van der Waals surface area contributed by atoms with Gasteiger partial charge in [-0.3, -0.25) is 14.6 Å². The smallest absolute Gasteiger partial charge is 0.411 e. The van der Waals surface area contributed by atoms with Crippen LogP contribution in [0.25, 0.3) is 0 Å². The van der Waals surface area contributed by atoms with Crippen LogP contribution in [-0.2, 0) is 20.7 Å². The fourth-order valence-corrected chi connectivity index (χ4v) is 7.48. The number of rotatable bonds is 6. The Morgan fingerprint density at radius 3 is 2.65 bits per heavy atom. The summed E-state index contributed by atoms with van der Waals surface area (Å²) in [5.41, 5.74) is 0.575. The Morgan fingerprint density at radius 1 is 1.18 bits per heavy atom. The minimum atomic E-state index is -0.906. The van der Waals surface area contributed by atoms with Crippen molar-refractivity contribution in [3.8, 4) is 6.07 Å². The number of nitrogens with one attached hydrogen (secondary N) is 1. The fourth-order valence-electron chi connectivity index (χ4n) is 7.48. The Kier molecular flexibility index (Phi) is 7.16. The maximum atomic E-state index is 15.3. The first-order valence-corrected chi connectivity index (χ1v) is 14.7. The molecule has 1 aromatic rings. The number of carbonyl (C=O) groups is 2. The summed E-state index contributed by atoms with van der Waals surface area (Å²) < 4.78 is 26.3. The number of hydrogen-bond donors (Lipinski definition) is 1. The second-order valence-electron chi connectivity index (χ2n) is 13.2. The Bertz CT molecular complexity index is 1190. The highest BCUT2D eigenvalue weighted by Crippen LogP contribution is 2.43. The molecule has 6 atom stereocenters. The molecule has 5 fully saturated rings. The molecule has 4 saturated heterocycles. The van der Waals surface area contributed by atoms with Gasteiger partial charge in [-0.05, 0) is 82.5 Å². The van der Waals surface area contributed by atoms with Gasteiger partial charge < -0.3 is 19.7 Å². The zero-order chi connectivity index (χ0) is 28.2. The van der Waals surface area contributed by atoms with E-state index in [0.717, 1.165) is 64.2 Å². The number of nitriles is 1. The van der Waals surface area contributed by atoms with E-state index in [1.807, 2.05) is 6.07 Å². The molecule has 0 radical (unpaired) electrons. The second-order valence-corrected chi connectivity index (χ2v) is 13.2. The number of benzene rings is 1. The lowest BCUT2D eigenvalue weighted by Gasteiger charge is -2.38. The van der Waals surface area contributed by atoms with E-state index in [4.69, 9.17) is 9.47 Å². The number of nitrogens with zero attached hydrogens (tertiary/aromatic N) is 4. The summed E-state index contributed by atoms with van der Waals surface area (Å²) in [6, 6.07) is 6.74. The molecule has 0 aromatic heterocycles. The van der Waals surface area contributed by atoms with Crippen molar-refractivity contribution >= 4 is 17.7 Å². The largest absolute Gasteiger partial charge is 0.444 e. The first-order valence-electron chi connectivity index (χ1n) is 14.7. The van der Waals surface area contributed by atoms with Gasteiger partial charge in [0.1, 0.15) is 23.5 Å². The van der Waals surface area contributed by atoms with E-state index in [2.05, 4.69) is 21.2 Å². The van der Waals surface area contributed by atoms with Gasteiger partial charge in [0, 0.05) is 37.3 Å². The summed E-state index contributed by atoms with van der Waals surface area (Å²) in [4.78, 5) is 32.7. The topological polar surface area (TPSA) is 98.1 Å². The summed E-state index contributed by atoms with van der Waals surface area (Å²) in [6.45, 7) is 9.94. The summed E-state index contributed by atoms with van der Waals surface area (Å²) in [6.07, 6.45) is 3.19. The van der Waals surface area contributed by atoms with Crippen molar-refractivity contribution in [3.63, 3.8) is 0 Å². The van der Waals surface area contributed by atoms with E-state index >= 15 is 4.39 Å². The van der Waals surface area contributed by atoms with E-state index in [1.165, 1.54) is 0 Å². The monoisotopic (exact) mass is 553 g/mol. The molecule has 1 aliphatic carbocycles. The highest BCUT2D eigenvalue weighted by Gasteiger charge is 2.52. The first kappa shape index (κ1) is 27.3. The molecule has 6 rings (SSSR count). The molecule has 4 aliphatic heterocycles. The van der Waals surface area contributed by atoms with Crippen molar-refractivity contribution in [2.45, 2.75) is 88.7 Å². The standard InChI is InChI=1S/C30H40FN5O4/c1-30(2,3)40-29(38)36-23-7-5-19(11-23)27(36)28(37)33-21(13-32)10-18-4-6-22(12-25(18)31)34-14-20-8-9-35(26(20)15-34)24-16-39-17-24/h4,6,12,19-21,23-24,26-27H,5,7-11,14-17H2,1-3H3,(H,33,37)/t19?,20?,21-,23?,26?,27-/m0/s1. The predicted octanol–water partition coefficient (Wildman–Crippen LogP) is 3.07. The Labute approximate surface area is 235 Å². The average molecular weight is 554 g/mol. The van der Waals surface area contributed by atoms with Crippen LogP contribution in [0.5, 0.6) is 0 Å². The fraction of sp³-hybridized carbons (Fsp3) is 0.700. The number of amides is 2. The molecule has 4 unspecified atom stereocenters. The van der Waals surface area contributed by atoms with Gasteiger partial charge >= 0.3 is 6.09 Å². The van der Waals surface area contributed by atoms with Crippen LogP contribution in [0.4, 0.5) is 14.9 Å². The van der Waals surface area contributed by atoms with Crippen LogP contribution in [0.1, 0.15) is 52.0 Å². The highest BCUT2D eigenvalue weighted by molar-refractivity contribution is 5.87. The van der Waals surface area contributed by atoms with Crippen LogP contribution in [0.3, 0.4) is 0 Å². The minimum absolute atomic E-state index is 0.0274. The Morgan fingerprint density at radius 2 is 1.98 bits per heavy atom. The molecule has 10 heteroatoms. The number of likely N-dealkylation sites (tertiary alicyclic amines) is 2. The van der Waals surface area contributed by atoms with Gasteiger partial charge in [-0.15, -0.1) is 0 Å². The molecule has 2 amide bonds. The van der Waals surface area contributed by atoms with E-state index < -0.39 is 23.8 Å². The highest BCUT2D eigenvalue weighted by atomic mass is 19.1. The van der Waals surface area contributed by atoms with E-state index in [-0.39, 0.29) is 30.1 Å². The molecule has 1 N–H and O–H groups in total. The third-order valence-corrected chi connectivity index (χ3v) is 9.44. The van der Waals surface area contributed by atoms with E-state index in [9.17, 15) is 14.9 Å². The molecule has 1 saturated carbocycles. The van der Waals surface area contributed by atoms with Crippen molar-refractivity contribution in [2.75, 3.05) is 37.7 Å². The van der Waals surface area contributed by atoms with E-state index in [1.54, 1.807) is 37.8 Å².